The van der Waals surface area contributed by atoms with Crippen molar-refractivity contribution >= 4 is 29.0 Å². The number of anilines is 1. The maximum absolute atomic E-state index is 14.0. The highest BCUT2D eigenvalue weighted by Crippen LogP contribution is 2.27. The predicted octanol–water partition coefficient (Wildman–Crippen LogP) is 5.01. The van der Waals surface area contributed by atoms with E-state index in [1.807, 2.05) is 30.3 Å². The monoisotopic (exact) mass is 493 g/mol. The lowest BCUT2D eigenvalue weighted by atomic mass is 10.3. The first-order valence-electron chi connectivity index (χ1n) is 10.5. The molecule has 0 fully saturated rings. The Morgan fingerprint density at radius 1 is 1.09 bits per heavy atom. The highest BCUT2D eigenvalue weighted by molar-refractivity contribution is 8.00. The number of nitrogens with zero attached hydrogens (tertiary/aromatic N) is 4. The molecule has 1 amide bonds. The molecule has 0 radical (unpaired) electrons. The van der Waals surface area contributed by atoms with Crippen LogP contribution in [-0.4, -0.2) is 30.8 Å². The lowest BCUT2D eigenvalue weighted by Crippen LogP contribution is -2.23. The van der Waals surface area contributed by atoms with Gasteiger partial charge in [-0.2, -0.15) is 0 Å². The number of nitro benzene ring substituents is 1. The van der Waals surface area contributed by atoms with Gasteiger partial charge in [-0.1, -0.05) is 42.1 Å². The number of rotatable bonds is 9. The number of nitro groups is 1. The van der Waals surface area contributed by atoms with Gasteiger partial charge in [-0.15, -0.1) is 10.2 Å². The highest BCUT2D eigenvalue weighted by Gasteiger charge is 2.22. The SMILES string of the molecule is CC(Sc1nnc(COc2ccccc2F)n1-c1ccccc1)C(=O)Nc1ccc([N+](=O)[O-])cc1. The molecule has 4 aromatic rings. The van der Waals surface area contributed by atoms with Crippen LogP contribution in [0.3, 0.4) is 0 Å². The van der Waals surface area contributed by atoms with Gasteiger partial charge in [-0.05, 0) is 43.3 Å². The number of amides is 1. The first-order valence-corrected chi connectivity index (χ1v) is 11.4. The van der Waals surface area contributed by atoms with E-state index in [1.54, 1.807) is 23.6 Å². The normalized spacial score (nSPS) is 11.6. The average molecular weight is 494 g/mol. The van der Waals surface area contributed by atoms with E-state index in [9.17, 15) is 19.3 Å². The van der Waals surface area contributed by atoms with Crippen LogP contribution in [-0.2, 0) is 11.4 Å². The van der Waals surface area contributed by atoms with E-state index in [4.69, 9.17) is 4.74 Å². The molecule has 35 heavy (non-hydrogen) atoms. The van der Waals surface area contributed by atoms with Crippen LogP contribution in [0.4, 0.5) is 15.8 Å². The first kappa shape index (κ1) is 23.9. The fraction of sp³-hybridized carbons (Fsp3) is 0.125. The highest BCUT2D eigenvalue weighted by atomic mass is 32.2. The van der Waals surface area contributed by atoms with Crippen molar-refractivity contribution in [2.75, 3.05) is 5.32 Å². The number of hydrogen-bond donors (Lipinski definition) is 1. The summed E-state index contributed by atoms with van der Waals surface area (Å²) in [7, 11) is 0. The molecule has 11 heteroatoms. The van der Waals surface area contributed by atoms with Crippen molar-refractivity contribution in [2.24, 2.45) is 0 Å². The van der Waals surface area contributed by atoms with Crippen LogP contribution in [0.2, 0.25) is 0 Å². The molecule has 0 aliphatic rings. The standard InChI is InChI=1S/C24H20FN5O4S/c1-16(23(31)26-17-11-13-19(14-12-17)30(32)33)35-24-28-27-22(29(24)18-7-3-2-4-8-18)15-34-21-10-6-5-9-20(21)25/h2-14,16H,15H2,1H3,(H,26,31). The Balaban J connectivity index is 1.51. The molecule has 1 atom stereocenters. The van der Waals surface area contributed by atoms with Crippen LogP contribution in [0.1, 0.15) is 12.7 Å². The topological polar surface area (TPSA) is 112 Å². The average Bonchev–Trinajstić information content (AvgIpc) is 3.26. The van der Waals surface area contributed by atoms with E-state index in [0.29, 0.717) is 16.7 Å². The molecule has 3 aromatic carbocycles. The summed E-state index contributed by atoms with van der Waals surface area (Å²) in [4.78, 5) is 23.1. The second kappa shape index (κ2) is 10.8. The smallest absolute Gasteiger partial charge is 0.269 e. The molecule has 4 rings (SSSR count). The number of ether oxygens (including phenoxy) is 1. The second-order valence-corrected chi connectivity index (χ2v) is 8.65. The zero-order valence-electron chi connectivity index (χ0n) is 18.5. The summed E-state index contributed by atoms with van der Waals surface area (Å²) in [5.41, 5.74) is 1.14. The van der Waals surface area contributed by atoms with E-state index in [1.165, 1.54) is 48.2 Å². The Morgan fingerprint density at radius 3 is 2.46 bits per heavy atom. The van der Waals surface area contributed by atoms with Gasteiger partial charge in [0, 0.05) is 23.5 Å². The molecule has 1 aromatic heterocycles. The molecule has 1 unspecified atom stereocenters. The van der Waals surface area contributed by atoms with Crippen molar-refractivity contribution in [3.63, 3.8) is 0 Å². The number of aromatic nitrogens is 3. The lowest BCUT2D eigenvalue weighted by Gasteiger charge is -2.14. The summed E-state index contributed by atoms with van der Waals surface area (Å²) >= 11 is 1.19. The van der Waals surface area contributed by atoms with Crippen LogP contribution in [0, 0.1) is 15.9 Å². The number of non-ortho nitro benzene ring substituents is 1. The molecule has 0 aliphatic carbocycles. The van der Waals surface area contributed by atoms with Crippen molar-refractivity contribution in [2.45, 2.75) is 23.9 Å². The molecule has 9 nitrogen and oxygen atoms in total. The second-order valence-electron chi connectivity index (χ2n) is 7.34. The fourth-order valence-corrected chi connectivity index (χ4v) is 4.02. The molecule has 0 saturated heterocycles. The third-order valence-electron chi connectivity index (χ3n) is 4.91. The van der Waals surface area contributed by atoms with E-state index in [-0.39, 0.29) is 24.0 Å². The van der Waals surface area contributed by atoms with Crippen LogP contribution in [0.15, 0.2) is 84.0 Å². The summed E-state index contributed by atoms with van der Waals surface area (Å²) < 4.78 is 21.3. The van der Waals surface area contributed by atoms with Gasteiger partial charge in [-0.3, -0.25) is 19.5 Å². The summed E-state index contributed by atoms with van der Waals surface area (Å²) in [6.45, 7) is 1.68. The van der Waals surface area contributed by atoms with Gasteiger partial charge in [0.1, 0.15) is 6.61 Å². The molecule has 178 valence electrons. The predicted molar refractivity (Wildman–Crippen MR) is 129 cm³/mol. The van der Waals surface area contributed by atoms with Gasteiger partial charge >= 0.3 is 0 Å². The number of para-hydroxylation sites is 2. The van der Waals surface area contributed by atoms with Gasteiger partial charge in [0.15, 0.2) is 22.5 Å². The minimum Gasteiger partial charge on any atom is -0.483 e. The van der Waals surface area contributed by atoms with Crippen molar-refractivity contribution in [3.05, 3.63) is 101 Å². The van der Waals surface area contributed by atoms with Gasteiger partial charge in [0.2, 0.25) is 5.91 Å². The molecule has 0 spiro atoms. The summed E-state index contributed by atoms with van der Waals surface area (Å²) in [5.74, 6) is -0.259. The third kappa shape index (κ3) is 5.82. The van der Waals surface area contributed by atoms with Gasteiger partial charge < -0.3 is 10.1 Å². The Morgan fingerprint density at radius 2 is 1.77 bits per heavy atom. The minimum atomic E-state index is -0.572. The van der Waals surface area contributed by atoms with Crippen LogP contribution in [0.25, 0.3) is 5.69 Å². The van der Waals surface area contributed by atoms with Gasteiger partial charge in [0.05, 0.1) is 10.2 Å². The molecule has 0 bridgehead atoms. The Hall–Kier alpha value is -4.25. The maximum atomic E-state index is 14.0. The van der Waals surface area contributed by atoms with Crippen molar-refractivity contribution in [1.29, 1.82) is 0 Å². The first-order chi connectivity index (χ1) is 16.9. The maximum Gasteiger partial charge on any atom is 0.269 e. The number of carbonyl (C=O) groups is 1. The molecule has 0 saturated carbocycles. The van der Waals surface area contributed by atoms with E-state index >= 15 is 0 Å². The van der Waals surface area contributed by atoms with Gasteiger partial charge in [-0.25, -0.2) is 4.39 Å². The summed E-state index contributed by atoms with van der Waals surface area (Å²) in [6, 6.07) is 21.0. The van der Waals surface area contributed by atoms with Crippen LogP contribution in [0.5, 0.6) is 5.75 Å². The van der Waals surface area contributed by atoms with Crippen molar-refractivity contribution < 1.29 is 18.8 Å². The quantitative estimate of drug-likeness (QED) is 0.198. The largest absolute Gasteiger partial charge is 0.483 e. The minimum absolute atomic E-state index is 0.0350. The van der Waals surface area contributed by atoms with E-state index in [0.717, 1.165) is 5.69 Å². The number of hydrogen-bond acceptors (Lipinski definition) is 7. The fourth-order valence-electron chi connectivity index (χ4n) is 3.13. The van der Waals surface area contributed by atoms with Crippen LogP contribution < -0.4 is 10.1 Å². The Bertz CT molecular complexity index is 1330. The molecular weight excluding hydrogens is 473 g/mol. The number of benzene rings is 3. The number of carbonyl (C=O) groups excluding carboxylic acids is 1. The molecule has 1 N–H and O–H groups in total. The molecule has 1 heterocycles. The van der Waals surface area contributed by atoms with E-state index < -0.39 is 16.0 Å². The number of thioether (sulfide) groups is 1. The Kier molecular flexibility index (Phi) is 7.36. The molecule has 0 aliphatic heterocycles. The number of halogens is 1. The van der Waals surface area contributed by atoms with E-state index in [2.05, 4.69) is 15.5 Å². The van der Waals surface area contributed by atoms with Gasteiger partial charge in [0.25, 0.3) is 5.69 Å². The van der Waals surface area contributed by atoms with Crippen molar-refractivity contribution in [1.82, 2.24) is 14.8 Å². The zero-order valence-corrected chi connectivity index (χ0v) is 19.3. The summed E-state index contributed by atoms with van der Waals surface area (Å²) in [5, 5.41) is 21.9. The van der Waals surface area contributed by atoms with Crippen molar-refractivity contribution in [3.8, 4) is 11.4 Å². The lowest BCUT2D eigenvalue weighted by molar-refractivity contribution is -0.384. The zero-order chi connectivity index (χ0) is 24.8. The Labute approximate surface area is 204 Å². The third-order valence-corrected chi connectivity index (χ3v) is 5.95. The van der Waals surface area contributed by atoms with Crippen LogP contribution >= 0.6 is 11.8 Å². The summed E-state index contributed by atoms with van der Waals surface area (Å²) in [6.07, 6.45) is 0. The molecular formula is C24H20FN5O4S. The number of nitrogens with one attached hydrogen (secondary N) is 1.